The third-order valence-electron chi connectivity index (χ3n) is 5.03. The summed E-state index contributed by atoms with van der Waals surface area (Å²) >= 11 is 1.57. The largest absolute Gasteiger partial charge is 0.338 e. The molecular formula is C22H21N5OS. The molecule has 1 fully saturated rings. The maximum atomic E-state index is 5.47. The molecule has 0 spiro atoms. The Morgan fingerprint density at radius 1 is 1.03 bits per heavy atom. The van der Waals surface area contributed by atoms with E-state index in [9.17, 15) is 0 Å². The van der Waals surface area contributed by atoms with Gasteiger partial charge in [0.2, 0.25) is 11.7 Å². The number of aromatic nitrogens is 5. The quantitative estimate of drug-likeness (QED) is 0.402. The summed E-state index contributed by atoms with van der Waals surface area (Å²) in [6, 6.07) is 18.5. The van der Waals surface area contributed by atoms with E-state index in [1.54, 1.807) is 11.8 Å². The summed E-state index contributed by atoms with van der Waals surface area (Å²) in [6.45, 7) is 2.14. The van der Waals surface area contributed by atoms with Crippen LogP contribution in [0.2, 0.25) is 0 Å². The smallest absolute Gasteiger partial charge is 0.237 e. The first-order chi connectivity index (χ1) is 14.3. The van der Waals surface area contributed by atoms with E-state index in [2.05, 4.69) is 56.1 Å². The van der Waals surface area contributed by atoms with Gasteiger partial charge in [-0.15, -0.1) is 10.2 Å². The molecule has 0 saturated heterocycles. The molecule has 0 radical (unpaired) electrons. The molecule has 2 heterocycles. The lowest BCUT2D eigenvalue weighted by molar-refractivity contribution is 0.391. The highest BCUT2D eigenvalue weighted by atomic mass is 32.2. The van der Waals surface area contributed by atoms with Gasteiger partial charge in [-0.2, -0.15) is 4.98 Å². The Morgan fingerprint density at radius 3 is 2.55 bits per heavy atom. The van der Waals surface area contributed by atoms with E-state index in [4.69, 9.17) is 4.52 Å². The zero-order chi connectivity index (χ0) is 19.6. The average molecular weight is 404 g/mol. The minimum Gasteiger partial charge on any atom is -0.338 e. The van der Waals surface area contributed by atoms with Gasteiger partial charge >= 0.3 is 0 Å². The molecule has 146 valence electrons. The van der Waals surface area contributed by atoms with Crippen LogP contribution in [0.4, 0.5) is 0 Å². The molecule has 2 aromatic heterocycles. The van der Waals surface area contributed by atoms with E-state index < -0.39 is 0 Å². The Labute approximate surface area is 173 Å². The molecule has 7 heteroatoms. The summed E-state index contributed by atoms with van der Waals surface area (Å²) < 4.78 is 7.63. The van der Waals surface area contributed by atoms with Crippen LogP contribution in [-0.4, -0.2) is 24.9 Å². The minimum atomic E-state index is 0.512. The minimum absolute atomic E-state index is 0.512. The van der Waals surface area contributed by atoms with Crippen LogP contribution in [0, 0.1) is 0 Å². The van der Waals surface area contributed by atoms with Crippen LogP contribution in [0.3, 0.4) is 0 Å². The van der Waals surface area contributed by atoms with E-state index in [0.29, 0.717) is 23.4 Å². The Morgan fingerprint density at radius 2 is 1.83 bits per heavy atom. The van der Waals surface area contributed by atoms with Crippen molar-refractivity contribution >= 4 is 11.8 Å². The first-order valence-electron chi connectivity index (χ1n) is 9.87. The van der Waals surface area contributed by atoms with Gasteiger partial charge < -0.3 is 4.52 Å². The summed E-state index contributed by atoms with van der Waals surface area (Å²) in [4.78, 5) is 4.55. The molecule has 0 aliphatic heterocycles. The van der Waals surface area contributed by atoms with Crippen LogP contribution in [0.15, 0.2) is 64.3 Å². The Balaban J connectivity index is 1.35. The molecule has 1 aliphatic rings. The summed E-state index contributed by atoms with van der Waals surface area (Å²) in [5.74, 6) is 3.31. The molecule has 1 saturated carbocycles. The molecule has 0 unspecified atom stereocenters. The summed E-state index contributed by atoms with van der Waals surface area (Å²) in [5.41, 5.74) is 3.34. The van der Waals surface area contributed by atoms with E-state index in [0.717, 1.165) is 28.7 Å². The van der Waals surface area contributed by atoms with Crippen molar-refractivity contribution in [2.75, 3.05) is 0 Å². The molecule has 0 N–H and O–H groups in total. The molecular weight excluding hydrogens is 382 g/mol. The lowest BCUT2D eigenvalue weighted by atomic mass is 10.1. The van der Waals surface area contributed by atoms with E-state index in [-0.39, 0.29) is 0 Å². The second-order valence-corrected chi connectivity index (χ2v) is 8.08. The third kappa shape index (κ3) is 3.82. The van der Waals surface area contributed by atoms with E-state index in [1.807, 2.05) is 30.3 Å². The fourth-order valence-electron chi connectivity index (χ4n) is 3.25. The number of nitrogens with zero attached hydrogens (tertiary/aromatic N) is 5. The topological polar surface area (TPSA) is 69.6 Å². The van der Waals surface area contributed by atoms with Crippen molar-refractivity contribution in [3.63, 3.8) is 0 Å². The second kappa shape index (κ2) is 7.83. The van der Waals surface area contributed by atoms with Gasteiger partial charge in [0, 0.05) is 17.2 Å². The highest BCUT2D eigenvalue weighted by Gasteiger charge is 2.31. The Bertz CT molecular complexity index is 1100. The normalized spacial score (nSPS) is 13.7. The molecule has 0 atom stereocenters. The Kier molecular flexibility index (Phi) is 4.89. The highest BCUT2D eigenvalue weighted by Crippen LogP contribution is 2.41. The predicted molar refractivity (Wildman–Crippen MR) is 112 cm³/mol. The highest BCUT2D eigenvalue weighted by molar-refractivity contribution is 7.98. The summed E-state index contributed by atoms with van der Waals surface area (Å²) in [5, 5.41) is 13.9. The van der Waals surface area contributed by atoms with Crippen molar-refractivity contribution in [1.29, 1.82) is 0 Å². The second-order valence-electron chi connectivity index (χ2n) is 7.14. The fraction of sp³-hybridized carbons (Fsp3) is 0.273. The molecule has 29 heavy (non-hydrogen) atoms. The lowest BCUT2D eigenvalue weighted by Crippen LogP contribution is -2.01. The van der Waals surface area contributed by atoms with Crippen molar-refractivity contribution in [3.8, 4) is 17.1 Å². The number of para-hydroxylation sites is 1. The van der Waals surface area contributed by atoms with E-state index >= 15 is 0 Å². The standard InChI is InChI=1S/C22H21N5OS/c1-2-15-8-10-16(11-9-15)20-23-19(28-26-20)14-29-22-25-24-21(17-12-13-17)27(22)18-6-4-3-5-7-18/h3-11,17H,2,12-14H2,1H3. The average Bonchev–Trinajstić information content (AvgIpc) is 3.36. The number of thioether (sulfide) groups is 1. The number of rotatable bonds is 7. The molecule has 5 rings (SSSR count). The number of hydrogen-bond donors (Lipinski definition) is 0. The fourth-order valence-corrected chi connectivity index (χ4v) is 4.04. The Hall–Kier alpha value is -2.93. The predicted octanol–water partition coefficient (Wildman–Crippen LogP) is 5.05. The van der Waals surface area contributed by atoms with Gasteiger partial charge in [0.1, 0.15) is 5.82 Å². The zero-order valence-electron chi connectivity index (χ0n) is 16.2. The molecule has 6 nitrogen and oxygen atoms in total. The maximum Gasteiger partial charge on any atom is 0.237 e. The lowest BCUT2D eigenvalue weighted by Gasteiger charge is -2.08. The van der Waals surface area contributed by atoms with Crippen LogP contribution in [-0.2, 0) is 12.2 Å². The molecule has 1 aliphatic carbocycles. The number of benzene rings is 2. The van der Waals surface area contributed by atoms with Gasteiger partial charge in [-0.25, -0.2) is 0 Å². The first-order valence-corrected chi connectivity index (χ1v) is 10.9. The molecule has 2 aromatic carbocycles. The van der Waals surface area contributed by atoms with Gasteiger partial charge in [-0.1, -0.05) is 66.3 Å². The number of hydrogen-bond acceptors (Lipinski definition) is 6. The van der Waals surface area contributed by atoms with Gasteiger partial charge in [0.25, 0.3) is 0 Å². The van der Waals surface area contributed by atoms with Crippen molar-refractivity contribution in [3.05, 3.63) is 71.9 Å². The van der Waals surface area contributed by atoms with Gasteiger partial charge in [-0.05, 0) is 37.0 Å². The van der Waals surface area contributed by atoms with Crippen molar-refractivity contribution < 1.29 is 4.52 Å². The third-order valence-corrected chi connectivity index (χ3v) is 5.94. The van der Waals surface area contributed by atoms with Crippen LogP contribution >= 0.6 is 11.8 Å². The number of aryl methyl sites for hydroxylation is 1. The first kappa shape index (κ1) is 18.1. The summed E-state index contributed by atoms with van der Waals surface area (Å²) in [7, 11) is 0. The van der Waals surface area contributed by atoms with Crippen molar-refractivity contribution in [2.45, 2.75) is 43.0 Å². The van der Waals surface area contributed by atoms with Gasteiger partial charge in [0.15, 0.2) is 5.16 Å². The summed E-state index contributed by atoms with van der Waals surface area (Å²) in [6.07, 6.45) is 3.37. The van der Waals surface area contributed by atoms with Crippen LogP contribution in [0.5, 0.6) is 0 Å². The van der Waals surface area contributed by atoms with Crippen molar-refractivity contribution in [1.82, 2.24) is 24.9 Å². The molecule has 4 aromatic rings. The van der Waals surface area contributed by atoms with Crippen molar-refractivity contribution in [2.24, 2.45) is 0 Å². The van der Waals surface area contributed by atoms with Crippen LogP contribution in [0.1, 0.15) is 43.0 Å². The molecule has 0 amide bonds. The van der Waals surface area contributed by atoms with E-state index in [1.165, 1.54) is 18.4 Å². The van der Waals surface area contributed by atoms with Gasteiger partial charge in [-0.3, -0.25) is 4.57 Å². The molecule has 0 bridgehead atoms. The van der Waals surface area contributed by atoms with Crippen LogP contribution < -0.4 is 0 Å². The maximum absolute atomic E-state index is 5.47. The monoisotopic (exact) mass is 403 g/mol. The van der Waals surface area contributed by atoms with Gasteiger partial charge in [0.05, 0.1) is 5.75 Å². The van der Waals surface area contributed by atoms with Crippen LogP contribution in [0.25, 0.3) is 17.1 Å². The zero-order valence-corrected chi connectivity index (χ0v) is 17.0. The SMILES string of the molecule is CCc1ccc(-c2noc(CSc3nnc(C4CC4)n3-c3ccccc3)n2)cc1.